The number of thiocarbonyl (C=S) groups is 1. The molecule has 3 heteroatoms. The first-order valence-electron chi connectivity index (χ1n) is 7.71. The van der Waals surface area contributed by atoms with Crippen LogP contribution in [0.3, 0.4) is 0 Å². The summed E-state index contributed by atoms with van der Waals surface area (Å²) in [6, 6.07) is 15.0. The molecule has 2 rings (SSSR count). The Morgan fingerprint density at radius 2 is 1.73 bits per heavy atom. The van der Waals surface area contributed by atoms with Crippen molar-refractivity contribution >= 4 is 23.0 Å². The van der Waals surface area contributed by atoms with Gasteiger partial charge in [0.25, 0.3) is 0 Å². The average Bonchev–Trinajstić information content (AvgIpc) is 2.49. The zero-order chi connectivity index (χ0) is 16.1. The van der Waals surface area contributed by atoms with E-state index >= 15 is 0 Å². The summed E-state index contributed by atoms with van der Waals surface area (Å²) in [5.74, 6) is 0. The van der Waals surface area contributed by atoms with E-state index in [2.05, 4.69) is 80.8 Å². The van der Waals surface area contributed by atoms with E-state index in [0.717, 1.165) is 12.1 Å². The molecule has 2 aromatic carbocycles. The first-order valence-corrected chi connectivity index (χ1v) is 8.12. The van der Waals surface area contributed by atoms with Gasteiger partial charge in [-0.05, 0) is 73.8 Å². The second-order valence-corrected chi connectivity index (χ2v) is 6.12. The predicted molar refractivity (Wildman–Crippen MR) is 99.5 cm³/mol. The molecule has 22 heavy (non-hydrogen) atoms. The third-order valence-corrected chi connectivity index (χ3v) is 4.26. The molecule has 2 N–H and O–H groups in total. The van der Waals surface area contributed by atoms with Crippen LogP contribution >= 0.6 is 12.2 Å². The molecule has 0 heterocycles. The normalized spacial score (nSPS) is 11.8. The first kappa shape index (κ1) is 16.5. The van der Waals surface area contributed by atoms with Crippen LogP contribution in [0.25, 0.3) is 0 Å². The molecule has 2 nitrogen and oxygen atoms in total. The monoisotopic (exact) mass is 312 g/mol. The van der Waals surface area contributed by atoms with Crippen LogP contribution in [-0.2, 0) is 0 Å². The van der Waals surface area contributed by atoms with Crippen molar-refractivity contribution in [1.29, 1.82) is 0 Å². The van der Waals surface area contributed by atoms with Gasteiger partial charge in [0, 0.05) is 5.69 Å². The lowest BCUT2D eigenvalue weighted by Crippen LogP contribution is -2.32. The van der Waals surface area contributed by atoms with Gasteiger partial charge in [-0.2, -0.15) is 0 Å². The molecular formula is C19H24N2S. The Morgan fingerprint density at radius 3 is 2.36 bits per heavy atom. The highest BCUT2D eigenvalue weighted by Crippen LogP contribution is 2.21. The van der Waals surface area contributed by atoms with E-state index in [-0.39, 0.29) is 6.04 Å². The lowest BCUT2D eigenvalue weighted by atomic mass is 10.00. The number of benzene rings is 2. The number of anilines is 1. The van der Waals surface area contributed by atoms with Crippen molar-refractivity contribution in [2.45, 2.75) is 40.2 Å². The minimum Gasteiger partial charge on any atom is -0.356 e. The Morgan fingerprint density at radius 1 is 1.00 bits per heavy atom. The first-order chi connectivity index (χ1) is 10.5. The summed E-state index contributed by atoms with van der Waals surface area (Å²) in [6.45, 7) is 8.53. The molecule has 0 aliphatic rings. The third kappa shape index (κ3) is 4.08. The maximum Gasteiger partial charge on any atom is 0.171 e. The summed E-state index contributed by atoms with van der Waals surface area (Å²) in [4.78, 5) is 0. The Balaban J connectivity index is 2.06. The highest BCUT2D eigenvalue weighted by molar-refractivity contribution is 7.80. The Hall–Kier alpha value is -1.87. The standard InChI is InChI=1S/C19H24N2S/c1-5-18(17-9-7-6-8-14(17)3)21-19(22)20-16-11-10-13(2)15(4)12-16/h6-12,18H,5H2,1-4H3,(H2,20,21,22). The van der Waals surface area contributed by atoms with E-state index in [1.807, 2.05) is 0 Å². The predicted octanol–water partition coefficient (Wildman–Crippen LogP) is 5.05. The Labute approximate surface area is 139 Å². The molecule has 0 saturated heterocycles. The van der Waals surface area contributed by atoms with Crippen molar-refractivity contribution in [3.8, 4) is 0 Å². The van der Waals surface area contributed by atoms with Gasteiger partial charge in [-0.3, -0.25) is 0 Å². The van der Waals surface area contributed by atoms with Crippen LogP contribution in [0.5, 0.6) is 0 Å². The van der Waals surface area contributed by atoms with Gasteiger partial charge in [0.05, 0.1) is 6.04 Å². The van der Waals surface area contributed by atoms with Crippen LogP contribution in [-0.4, -0.2) is 5.11 Å². The van der Waals surface area contributed by atoms with E-state index < -0.39 is 0 Å². The second kappa shape index (κ2) is 7.41. The fraction of sp³-hybridized carbons (Fsp3) is 0.316. The molecule has 0 saturated carbocycles. The Bertz CT molecular complexity index is 664. The van der Waals surface area contributed by atoms with Crippen LogP contribution in [0.4, 0.5) is 5.69 Å². The number of rotatable bonds is 4. The van der Waals surface area contributed by atoms with Gasteiger partial charge in [0.2, 0.25) is 0 Å². The summed E-state index contributed by atoms with van der Waals surface area (Å²) in [5.41, 5.74) is 6.17. The molecular weight excluding hydrogens is 288 g/mol. The van der Waals surface area contributed by atoms with Gasteiger partial charge < -0.3 is 10.6 Å². The molecule has 116 valence electrons. The lowest BCUT2D eigenvalue weighted by molar-refractivity contribution is 0.625. The zero-order valence-electron chi connectivity index (χ0n) is 13.7. The number of aryl methyl sites for hydroxylation is 3. The smallest absolute Gasteiger partial charge is 0.171 e. The zero-order valence-corrected chi connectivity index (χ0v) is 14.6. The number of hydrogen-bond donors (Lipinski definition) is 2. The minimum atomic E-state index is 0.229. The summed E-state index contributed by atoms with van der Waals surface area (Å²) < 4.78 is 0. The highest BCUT2D eigenvalue weighted by atomic mass is 32.1. The molecule has 0 fully saturated rings. The largest absolute Gasteiger partial charge is 0.356 e. The van der Waals surface area contributed by atoms with Crippen molar-refractivity contribution in [1.82, 2.24) is 5.32 Å². The highest BCUT2D eigenvalue weighted by Gasteiger charge is 2.12. The summed E-state index contributed by atoms with van der Waals surface area (Å²) in [5, 5.41) is 7.38. The van der Waals surface area contributed by atoms with Crippen molar-refractivity contribution < 1.29 is 0 Å². The molecule has 0 spiro atoms. The number of nitrogens with one attached hydrogen (secondary N) is 2. The van der Waals surface area contributed by atoms with Gasteiger partial charge in [-0.15, -0.1) is 0 Å². The van der Waals surface area contributed by atoms with Crippen LogP contribution < -0.4 is 10.6 Å². The summed E-state index contributed by atoms with van der Waals surface area (Å²) >= 11 is 5.48. The van der Waals surface area contributed by atoms with Crippen LogP contribution in [0.2, 0.25) is 0 Å². The van der Waals surface area contributed by atoms with Crippen LogP contribution in [0, 0.1) is 20.8 Å². The summed E-state index contributed by atoms with van der Waals surface area (Å²) in [6.07, 6.45) is 0.986. The van der Waals surface area contributed by atoms with Crippen molar-refractivity contribution in [3.63, 3.8) is 0 Å². The van der Waals surface area contributed by atoms with Crippen LogP contribution in [0.15, 0.2) is 42.5 Å². The third-order valence-electron chi connectivity index (χ3n) is 4.04. The van der Waals surface area contributed by atoms with Crippen molar-refractivity contribution in [3.05, 3.63) is 64.7 Å². The molecule has 0 amide bonds. The van der Waals surface area contributed by atoms with E-state index in [1.54, 1.807) is 0 Å². The van der Waals surface area contributed by atoms with Gasteiger partial charge in [-0.1, -0.05) is 37.3 Å². The van der Waals surface area contributed by atoms with Gasteiger partial charge in [0.1, 0.15) is 0 Å². The molecule has 0 radical (unpaired) electrons. The molecule has 0 aliphatic carbocycles. The summed E-state index contributed by atoms with van der Waals surface area (Å²) in [7, 11) is 0. The lowest BCUT2D eigenvalue weighted by Gasteiger charge is -2.22. The van der Waals surface area contributed by atoms with Gasteiger partial charge in [-0.25, -0.2) is 0 Å². The van der Waals surface area contributed by atoms with Crippen LogP contribution in [0.1, 0.15) is 41.6 Å². The molecule has 1 unspecified atom stereocenters. The Kier molecular flexibility index (Phi) is 5.56. The fourth-order valence-electron chi connectivity index (χ4n) is 2.52. The topological polar surface area (TPSA) is 24.1 Å². The fourth-order valence-corrected chi connectivity index (χ4v) is 2.78. The van der Waals surface area contributed by atoms with Gasteiger partial charge in [0.15, 0.2) is 5.11 Å². The maximum atomic E-state index is 5.48. The molecule has 0 aliphatic heterocycles. The van der Waals surface area contributed by atoms with E-state index in [4.69, 9.17) is 12.2 Å². The molecule has 0 aromatic heterocycles. The molecule has 2 aromatic rings. The maximum absolute atomic E-state index is 5.48. The molecule has 1 atom stereocenters. The van der Waals surface area contributed by atoms with E-state index in [0.29, 0.717) is 5.11 Å². The van der Waals surface area contributed by atoms with E-state index in [1.165, 1.54) is 22.3 Å². The number of hydrogen-bond acceptors (Lipinski definition) is 1. The average molecular weight is 312 g/mol. The van der Waals surface area contributed by atoms with E-state index in [9.17, 15) is 0 Å². The van der Waals surface area contributed by atoms with Crippen molar-refractivity contribution in [2.75, 3.05) is 5.32 Å². The van der Waals surface area contributed by atoms with Crippen molar-refractivity contribution in [2.24, 2.45) is 0 Å². The molecule has 0 bridgehead atoms. The second-order valence-electron chi connectivity index (χ2n) is 5.71. The quantitative estimate of drug-likeness (QED) is 0.773. The van der Waals surface area contributed by atoms with Gasteiger partial charge >= 0.3 is 0 Å². The minimum absolute atomic E-state index is 0.229. The SMILES string of the molecule is CCC(NC(=S)Nc1ccc(C)c(C)c1)c1ccccc1C.